The van der Waals surface area contributed by atoms with E-state index in [1.54, 1.807) is 18.2 Å². The molecule has 0 aliphatic heterocycles. The summed E-state index contributed by atoms with van der Waals surface area (Å²) in [5, 5.41) is 2.71. The van der Waals surface area contributed by atoms with Gasteiger partial charge in [-0.05, 0) is 41.8 Å². The fourth-order valence-corrected chi connectivity index (χ4v) is 2.37. The van der Waals surface area contributed by atoms with E-state index in [1.165, 1.54) is 23.5 Å². The van der Waals surface area contributed by atoms with Crippen molar-refractivity contribution in [3.8, 4) is 10.6 Å². The minimum absolute atomic E-state index is 0.175. The molecule has 0 radical (unpaired) electrons. The molecule has 0 N–H and O–H groups in total. The van der Waals surface area contributed by atoms with E-state index in [1.807, 2.05) is 19.2 Å². The van der Waals surface area contributed by atoms with Gasteiger partial charge < -0.3 is 0 Å². The SMILES string of the molecule is CC(C)C(C=O)=Cc1csc(-c2ccc(F)cc2)n1. The van der Waals surface area contributed by atoms with E-state index < -0.39 is 0 Å². The normalized spacial score (nSPS) is 11.9. The minimum Gasteiger partial charge on any atom is -0.298 e. The van der Waals surface area contributed by atoms with E-state index in [0.29, 0.717) is 0 Å². The number of rotatable bonds is 4. The number of aldehydes is 1. The highest BCUT2D eigenvalue weighted by atomic mass is 32.1. The summed E-state index contributed by atoms with van der Waals surface area (Å²) in [6.45, 7) is 3.93. The molecule has 2 rings (SSSR count). The summed E-state index contributed by atoms with van der Waals surface area (Å²) in [4.78, 5) is 15.4. The molecule has 19 heavy (non-hydrogen) atoms. The van der Waals surface area contributed by atoms with Crippen molar-refractivity contribution in [3.63, 3.8) is 0 Å². The van der Waals surface area contributed by atoms with Crippen LogP contribution in [0.5, 0.6) is 0 Å². The Balaban J connectivity index is 2.29. The molecule has 0 atom stereocenters. The number of halogens is 1. The number of thiazole rings is 1. The van der Waals surface area contributed by atoms with Gasteiger partial charge in [-0.2, -0.15) is 0 Å². The number of carbonyl (C=O) groups excluding carboxylic acids is 1. The van der Waals surface area contributed by atoms with E-state index in [4.69, 9.17) is 0 Å². The monoisotopic (exact) mass is 275 g/mol. The molecule has 2 nitrogen and oxygen atoms in total. The number of benzene rings is 1. The Morgan fingerprint density at radius 3 is 2.58 bits per heavy atom. The van der Waals surface area contributed by atoms with Gasteiger partial charge in [0.25, 0.3) is 0 Å². The largest absolute Gasteiger partial charge is 0.298 e. The Bertz CT molecular complexity index is 599. The predicted octanol–water partition coefficient (Wildman–Crippen LogP) is 4.19. The van der Waals surface area contributed by atoms with Gasteiger partial charge in [0.15, 0.2) is 0 Å². The van der Waals surface area contributed by atoms with E-state index in [2.05, 4.69) is 4.98 Å². The molecular weight excluding hydrogens is 261 g/mol. The molecule has 1 aromatic heterocycles. The Morgan fingerprint density at radius 2 is 2.00 bits per heavy atom. The number of nitrogens with zero attached hydrogens (tertiary/aromatic N) is 1. The molecule has 0 fully saturated rings. The lowest BCUT2D eigenvalue weighted by atomic mass is 10.0. The Labute approximate surface area is 115 Å². The first-order valence-corrected chi connectivity index (χ1v) is 6.86. The van der Waals surface area contributed by atoms with Crippen LogP contribution in [0.1, 0.15) is 19.5 Å². The van der Waals surface area contributed by atoms with Crippen LogP contribution in [0.3, 0.4) is 0 Å². The van der Waals surface area contributed by atoms with Crippen molar-refractivity contribution in [1.29, 1.82) is 0 Å². The van der Waals surface area contributed by atoms with Crippen LogP contribution in [0.4, 0.5) is 4.39 Å². The van der Waals surface area contributed by atoms with Crippen molar-refractivity contribution in [2.75, 3.05) is 0 Å². The predicted molar refractivity (Wildman–Crippen MR) is 76.4 cm³/mol. The topological polar surface area (TPSA) is 30.0 Å². The third-order valence-electron chi connectivity index (χ3n) is 2.73. The maximum atomic E-state index is 12.8. The Kier molecular flexibility index (Phi) is 4.22. The van der Waals surface area contributed by atoms with E-state index in [9.17, 15) is 9.18 Å². The summed E-state index contributed by atoms with van der Waals surface area (Å²) in [5.74, 6) is -0.0862. The molecule has 98 valence electrons. The molecule has 0 amide bonds. The average molecular weight is 275 g/mol. The molecule has 4 heteroatoms. The summed E-state index contributed by atoms with van der Waals surface area (Å²) >= 11 is 1.48. The number of hydrogen-bond donors (Lipinski definition) is 0. The van der Waals surface area contributed by atoms with Crippen LogP contribution in [-0.2, 0) is 4.79 Å². The zero-order chi connectivity index (χ0) is 13.8. The molecule has 0 spiro atoms. The second-order valence-corrected chi connectivity index (χ2v) is 5.36. The standard InChI is InChI=1S/C15H14FNOS/c1-10(2)12(8-18)7-14-9-19-15(17-14)11-3-5-13(16)6-4-11/h3-10H,1-2H3. The zero-order valence-electron chi connectivity index (χ0n) is 10.8. The molecule has 0 aliphatic carbocycles. The lowest BCUT2D eigenvalue weighted by Crippen LogP contribution is -1.94. The van der Waals surface area contributed by atoms with Crippen molar-refractivity contribution in [2.24, 2.45) is 5.92 Å². The first kappa shape index (κ1) is 13.6. The maximum Gasteiger partial charge on any atom is 0.146 e. The third-order valence-corrected chi connectivity index (χ3v) is 3.64. The zero-order valence-corrected chi connectivity index (χ0v) is 11.6. The van der Waals surface area contributed by atoms with Crippen molar-refractivity contribution in [1.82, 2.24) is 4.98 Å². The first-order chi connectivity index (χ1) is 9.10. The summed E-state index contributed by atoms with van der Waals surface area (Å²) in [7, 11) is 0. The van der Waals surface area contributed by atoms with E-state index in [-0.39, 0.29) is 11.7 Å². The van der Waals surface area contributed by atoms with Crippen molar-refractivity contribution in [2.45, 2.75) is 13.8 Å². The number of carbonyl (C=O) groups is 1. The quantitative estimate of drug-likeness (QED) is 0.618. The summed E-state index contributed by atoms with van der Waals surface area (Å²) in [6, 6.07) is 6.23. The molecule has 0 bridgehead atoms. The number of hydrogen-bond acceptors (Lipinski definition) is 3. The van der Waals surface area contributed by atoms with Crippen LogP contribution in [0.2, 0.25) is 0 Å². The fourth-order valence-electron chi connectivity index (χ4n) is 1.59. The van der Waals surface area contributed by atoms with Crippen LogP contribution < -0.4 is 0 Å². The second-order valence-electron chi connectivity index (χ2n) is 4.50. The molecule has 0 saturated carbocycles. The van der Waals surface area contributed by atoms with Crippen LogP contribution in [0.15, 0.2) is 35.2 Å². The number of allylic oxidation sites excluding steroid dienone is 1. The van der Waals surface area contributed by atoms with E-state index >= 15 is 0 Å². The summed E-state index contributed by atoms with van der Waals surface area (Å²) in [5.41, 5.74) is 2.36. The van der Waals surface area contributed by atoms with Gasteiger partial charge in [-0.15, -0.1) is 11.3 Å². The third kappa shape index (κ3) is 3.35. The van der Waals surface area contributed by atoms with Gasteiger partial charge in [0.05, 0.1) is 5.69 Å². The van der Waals surface area contributed by atoms with Crippen LogP contribution in [0, 0.1) is 11.7 Å². The van der Waals surface area contributed by atoms with Crippen molar-refractivity contribution < 1.29 is 9.18 Å². The smallest absolute Gasteiger partial charge is 0.146 e. The van der Waals surface area contributed by atoms with Crippen LogP contribution in [-0.4, -0.2) is 11.3 Å². The van der Waals surface area contributed by atoms with Gasteiger partial charge in [0.2, 0.25) is 0 Å². The lowest BCUT2D eigenvalue weighted by Gasteiger charge is -2.01. The molecular formula is C15H14FNOS. The molecule has 2 aromatic rings. The highest BCUT2D eigenvalue weighted by Gasteiger charge is 2.06. The minimum atomic E-state index is -0.261. The van der Waals surface area contributed by atoms with Gasteiger partial charge in [0, 0.05) is 10.9 Å². The molecule has 0 aliphatic rings. The summed E-state index contributed by atoms with van der Waals surface area (Å²) in [6.07, 6.45) is 2.66. The second kappa shape index (κ2) is 5.89. The Hall–Kier alpha value is -1.81. The fraction of sp³-hybridized carbons (Fsp3) is 0.200. The van der Waals surface area contributed by atoms with Crippen molar-refractivity contribution in [3.05, 3.63) is 46.7 Å². The highest BCUT2D eigenvalue weighted by molar-refractivity contribution is 7.13. The molecule has 0 saturated heterocycles. The van der Waals surface area contributed by atoms with Gasteiger partial charge in [-0.3, -0.25) is 4.79 Å². The van der Waals surface area contributed by atoms with Gasteiger partial charge in [0.1, 0.15) is 17.1 Å². The lowest BCUT2D eigenvalue weighted by molar-refractivity contribution is -0.105. The van der Waals surface area contributed by atoms with E-state index in [0.717, 1.165) is 28.1 Å². The summed E-state index contributed by atoms with van der Waals surface area (Å²) < 4.78 is 12.8. The molecule has 0 unspecified atom stereocenters. The average Bonchev–Trinajstić information content (AvgIpc) is 2.85. The van der Waals surface area contributed by atoms with Gasteiger partial charge in [-0.25, -0.2) is 9.37 Å². The van der Waals surface area contributed by atoms with Gasteiger partial charge >= 0.3 is 0 Å². The highest BCUT2D eigenvalue weighted by Crippen LogP contribution is 2.25. The first-order valence-electron chi connectivity index (χ1n) is 5.98. The molecule has 1 heterocycles. The van der Waals surface area contributed by atoms with Crippen molar-refractivity contribution >= 4 is 23.7 Å². The van der Waals surface area contributed by atoms with Gasteiger partial charge in [-0.1, -0.05) is 13.8 Å². The number of aromatic nitrogens is 1. The molecule has 1 aromatic carbocycles. The van der Waals surface area contributed by atoms with Crippen LogP contribution >= 0.6 is 11.3 Å². The van der Waals surface area contributed by atoms with Crippen LogP contribution in [0.25, 0.3) is 16.6 Å². The Morgan fingerprint density at radius 1 is 1.32 bits per heavy atom. The maximum absolute atomic E-state index is 12.8.